The summed E-state index contributed by atoms with van der Waals surface area (Å²) in [6, 6.07) is 21.0. The second-order valence-corrected chi connectivity index (χ2v) is 8.30. The molecule has 3 aromatic rings. The molecular formula is C26H25O3-. The first-order valence-corrected chi connectivity index (χ1v) is 10.1. The van der Waals surface area contributed by atoms with Crippen LogP contribution in [0.4, 0.5) is 0 Å². The molecule has 0 fully saturated rings. The monoisotopic (exact) mass is 385 g/mol. The molecule has 0 saturated heterocycles. The van der Waals surface area contributed by atoms with Crippen LogP contribution in [0.25, 0.3) is 0 Å². The smallest absolute Gasteiger partial charge is 0.340 e. The summed E-state index contributed by atoms with van der Waals surface area (Å²) in [6.45, 7) is 8.29. The molecule has 3 nitrogen and oxygen atoms in total. The zero-order valence-corrected chi connectivity index (χ0v) is 17.2. The van der Waals surface area contributed by atoms with Crippen molar-refractivity contribution in [2.45, 2.75) is 45.1 Å². The van der Waals surface area contributed by atoms with Crippen molar-refractivity contribution >= 4 is 5.97 Å². The standard InChI is InChI=1S/C26H26O3/c1-16(2)18-8-7-9-19(14-18)26(20-12-13-24(27)22(15-20)17(3)4)23-11-6-5-10-21(23)25(28)29-26/h5-17,27H,1-4H3/p-1. The van der Waals surface area contributed by atoms with Crippen LogP contribution in [0.15, 0.2) is 66.7 Å². The van der Waals surface area contributed by atoms with E-state index in [-0.39, 0.29) is 17.6 Å². The maximum Gasteiger partial charge on any atom is 0.340 e. The minimum Gasteiger partial charge on any atom is -0.872 e. The number of hydrogen-bond acceptors (Lipinski definition) is 3. The molecule has 148 valence electrons. The average Bonchev–Trinajstić information content (AvgIpc) is 3.02. The minimum atomic E-state index is -1.06. The van der Waals surface area contributed by atoms with Crippen molar-refractivity contribution < 1.29 is 14.6 Å². The van der Waals surface area contributed by atoms with Gasteiger partial charge < -0.3 is 9.84 Å². The molecule has 0 aromatic heterocycles. The molecule has 29 heavy (non-hydrogen) atoms. The van der Waals surface area contributed by atoms with Gasteiger partial charge in [-0.1, -0.05) is 93.9 Å². The van der Waals surface area contributed by atoms with Gasteiger partial charge in [0.05, 0.1) is 5.56 Å². The highest BCUT2D eigenvalue weighted by Crippen LogP contribution is 2.48. The number of esters is 1. The van der Waals surface area contributed by atoms with E-state index in [1.165, 1.54) is 5.56 Å². The molecule has 0 spiro atoms. The Morgan fingerprint density at radius 2 is 1.55 bits per heavy atom. The number of benzene rings is 3. The van der Waals surface area contributed by atoms with E-state index in [4.69, 9.17) is 4.74 Å². The van der Waals surface area contributed by atoms with Crippen molar-refractivity contribution in [1.29, 1.82) is 0 Å². The fourth-order valence-electron chi connectivity index (χ4n) is 4.15. The summed E-state index contributed by atoms with van der Waals surface area (Å²) in [5.41, 5.74) is 3.93. The van der Waals surface area contributed by atoms with E-state index >= 15 is 0 Å². The van der Waals surface area contributed by atoms with Crippen LogP contribution in [-0.2, 0) is 10.3 Å². The van der Waals surface area contributed by atoms with Gasteiger partial charge in [-0.25, -0.2) is 4.79 Å². The molecule has 0 bridgehead atoms. The van der Waals surface area contributed by atoms with Gasteiger partial charge in [0.15, 0.2) is 5.60 Å². The Morgan fingerprint density at radius 1 is 0.828 bits per heavy atom. The van der Waals surface area contributed by atoms with Gasteiger partial charge in [-0.05, 0) is 23.5 Å². The molecule has 3 heteroatoms. The molecular weight excluding hydrogens is 360 g/mol. The van der Waals surface area contributed by atoms with Crippen molar-refractivity contribution in [2.24, 2.45) is 0 Å². The molecule has 0 aliphatic carbocycles. The van der Waals surface area contributed by atoms with E-state index in [0.29, 0.717) is 11.5 Å². The number of hydrogen-bond donors (Lipinski definition) is 0. The lowest BCUT2D eigenvalue weighted by atomic mass is 9.78. The maximum atomic E-state index is 12.8. The first-order valence-electron chi connectivity index (χ1n) is 10.1. The SMILES string of the molecule is CC(C)c1cccc(C2(c3ccc([O-])c(C(C)C)c3)OC(=O)c3ccccc32)c1. The van der Waals surface area contributed by atoms with E-state index in [1.807, 2.05) is 50.2 Å². The lowest BCUT2D eigenvalue weighted by molar-refractivity contribution is -0.269. The largest absolute Gasteiger partial charge is 0.872 e. The number of cyclic esters (lactones) is 1. The number of rotatable bonds is 4. The minimum absolute atomic E-state index is 0.00689. The molecule has 1 heterocycles. The second kappa shape index (κ2) is 7.07. The van der Waals surface area contributed by atoms with Gasteiger partial charge in [0.1, 0.15) is 0 Å². The van der Waals surface area contributed by atoms with Crippen LogP contribution in [-0.4, -0.2) is 5.97 Å². The van der Waals surface area contributed by atoms with Gasteiger partial charge in [0.2, 0.25) is 0 Å². The van der Waals surface area contributed by atoms with Crippen molar-refractivity contribution in [3.05, 3.63) is 100 Å². The highest BCUT2D eigenvalue weighted by molar-refractivity contribution is 5.96. The summed E-state index contributed by atoms with van der Waals surface area (Å²) in [5, 5.41) is 12.4. The van der Waals surface area contributed by atoms with E-state index in [1.54, 1.807) is 18.2 Å². The fraction of sp³-hybridized carbons (Fsp3) is 0.269. The Labute approximate surface area is 172 Å². The molecule has 1 atom stereocenters. The third kappa shape index (κ3) is 3.02. The van der Waals surface area contributed by atoms with E-state index < -0.39 is 5.60 Å². The summed E-state index contributed by atoms with van der Waals surface area (Å²) in [7, 11) is 0. The van der Waals surface area contributed by atoms with Gasteiger partial charge in [0.25, 0.3) is 0 Å². The summed E-state index contributed by atoms with van der Waals surface area (Å²) in [5.74, 6) is 0.0868. The Bertz CT molecular complexity index is 1080. The quantitative estimate of drug-likeness (QED) is 0.560. The van der Waals surface area contributed by atoms with E-state index in [0.717, 1.165) is 22.3 Å². The number of ether oxygens (including phenoxy) is 1. The Balaban J connectivity index is 2.04. The maximum absolute atomic E-state index is 12.8. The number of carbonyl (C=O) groups excluding carboxylic acids is 1. The molecule has 3 aromatic carbocycles. The van der Waals surface area contributed by atoms with Crippen molar-refractivity contribution in [1.82, 2.24) is 0 Å². The predicted molar refractivity (Wildman–Crippen MR) is 112 cm³/mol. The van der Waals surface area contributed by atoms with Gasteiger partial charge in [0, 0.05) is 16.7 Å². The van der Waals surface area contributed by atoms with Crippen LogP contribution in [0.2, 0.25) is 0 Å². The van der Waals surface area contributed by atoms with Crippen LogP contribution < -0.4 is 5.11 Å². The Morgan fingerprint density at radius 3 is 2.28 bits per heavy atom. The van der Waals surface area contributed by atoms with E-state index in [2.05, 4.69) is 26.0 Å². The molecule has 0 N–H and O–H groups in total. The lowest BCUT2D eigenvalue weighted by Crippen LogP contribution is -2.30. The first-order chi connectivity index (χ1) is 13.8. The Kier molecular flexibility index (Phi) is 4.70. The fourth-order valence-corrected chi connectivity index (χ4v) is 4.15. The van der Waals surface area contributed by atoms with Crippen molar-refractivity contribution in [2.75, 3.05) is 0 Å². The highest BCUT2D eigenvalue weighted by atomic mass is 16.6. The molecule has 4 rings (SSSR count). The number of carbonyl (C=O) groups is 1. The topological polar surface area (TPSA) is 49.4 Å². The van der Waals surface area contributed by atoms with E-state index in [9.17, 15) is 9.90 Å². The van der Waals surface area contributed by atoms with Gasteiger partial charge >= 0.3 is 5.97 Å². The van der Waals surface area contributed by atoms with Crippen molar-refractivity contribution in [3.8, 4) is 5.75 Å². The lowest BCUT2D eigenvalue weighted by Gasteiger charge is -2.32. The molecule has 1 aliphatic heterocycles. The molecule has 1 aliphatic rings. The van der Waals surface area contributed by atoms with Crippen LogP contribution >= 0.6 is 0 Å². The van der Waals surface area contributed by atoms with Crippen LogP contribution in [0.3, 0.4) is 0 Å². The second-order valence-electron chi connectivity index (χ2n) is 8.30. The normalized spacial score (nSPS) is 18.2. The highest BCUT2D eigenvalue weighted by Gasteiger charge is 2.48. The van der Waals surface area contributed by atoms with Crippen LogP contribution in [0.1, 0.15) is 77.7 Å². The third-order valence-corrected chi connectivity index (χ3v) is 5.77. The average molecular weight is 385 g/mol. The summed E-state index contributed by atoms with van der Waals surface area (Å²) >= 11 is 0. The summed E-state index contributed by atoms with van der Waals surface area (Å²) < 4.78 is 6.16. The third-order valence-electron chi connectivity index (χ3n) is 5.77. The zero-order valence-electron chi connectivity index (χ0n) is 17.2. The molecule has 0 radical (unpaired) electrons. The first kappa shape index (κ1) is 19.3. The summed E-state index contributed by atoms with van der Waals surface area (Å²) in [4.78, 5) is 12.8. The van der Waals surface area contributed by atoms with Crippen LogP contribution in [0, 0.1) is 0 Å². The zero-order chi connectivity index (χ0) is 20.8. The number of fused-ring (bicyclic) bond motifs is 1. The van der Waals surface area contributed by atoms with Gasteiger partial charge in [-0.3, -0.25) is 0 Å². The Hall–Kier alpha value is -3.07. The predicted octanol–water partition coefficient (Wildman–Crippen LogP) is 5.47. The van der Waals surface area contributed by atoms with Gasteiger partial charge in [-0.15, -0.1) is 5.75 Å². The molecule has 1 unspecified atom stereocenters. The summed E-state index contributed by atoms with van der Waals surface area (Å²) in [6.07, 6.45) is 0. The molecule has 0 saturated carbocycles. The molecule has 0 amide bonds. The van der Waals surface area contributed by atoms with Crippen LogP contribution in [0.5, 0.6) is 5.75 Å². The van der Waals surface area contributed by atoms with Crippen molar-refractivity contribution in [3.63, 3.8) is 0 Å². The van der Waals surface area contributed by atoms with Gasteiger partial charge in [-0.2, -0.15) is 0 Å².